The Morgan fingerprint density at radius 1 is 1.44 bits per heavy atom. The van der Waals surface area contributed by atoms with Gasteiger partial charge >= 0.3 is 0 Å². The number of carbonyl (C=O) groups excluding carboxylic acids is 1. The Hall–Kier alpha value is -1.48. The van der Waals surface area contributed by atoms with Crippen LogP contribution in [0.3, 0.4) is 0 Å². The number of likely N-dealkylation sites (tertiary alicyclic amines) is 1. The van der Waals surface area contributed by atoms with Gasteiger partial charge in [-0.2, -0.15) is 4.31 Å². The van der Waals surface area contributed by atoms with Crippen LogP contribution in [0.1, 0.15) is 16.8 Å². The molecule has 0 aromatic heterocycles. The summed E-state index contributed by atoms with van der Waals surface area (Å²) in [7, 11) is 1.36. The summed E-state index contributed by atoms with van der Waals surface area (Å²) in [6, 6.07) is 6.28. The Labute approximate surface area is 150 Å². The first-order chi connectivity index (χ1) is 11.9. The number of hydrogen-bond acceptors (Lipinski definition) is 5. The van der Waals surface area contributed by atoms with E-state index in [0.717, 1.165) is 6.42 Å². The van der Waals surface area contributed by atoms with Crippen molar-refractivity contribution < 1.29 is 17.9 Å². The Kier molecular flexibility index (Phi) is 6.95. The first-order valence-electron chi connectivity index (χ1n) is 8.39. The number of sulfonamides is 1. The van der Waals surface area contributed by atoms with Crippen LogP contribution in [0.25, 0.3) is 0 Å². The molecule has 0 aliphatic carbocycles. The SMILES string of the molecule is CNCCN(C)S(=O)(=O)c1cccc(C(=O)N2CC[C@H](COC)C2)c1. The average Bonchev–Trinajstić information content (AvgIpc) is 3.08. The maximum Gasteiger partial charge on any atom is 0.253 e. The fourth-order valence-corrected chi connectivity index (χ4v) is 4.15. The van der Waals surface area contributed by atoms with Gasteiger partial charge in [-0.1, -0.05) is 6.07 Å². The van der Waals surface area contributed by atoms with Crippen LogP contribution in [0.2, 0.25) is 0 Å². The molecule has 25 heavy (non-hydrogen) atoms. The first-order valence-corrected chi connectivity index (χ1v) is 9.83. The van der Waals surface area contributed by atoms with Crippen LogP contribution < -0.4 is 5.32 Å². The quantitative estimate of drug-likeness (QED) is 0.727. The third-order valence-electron chi connectivity index (χ3n) is 4.44. The van der Waals surface area contributed by atoms with E-state index in [1.54, 1.807) is 31.2 Å². The second kappa shape index (κ2) is 8.75. The summed E-state index contributed by atoms with van der Waals surface area (Å²) < 4.78 is 31.7. The monoisotopic (exact) mass is 369 g/mol. The molecule has 1 heterocycles. The summed E-state index contributed by atoms with van der Waals surface area (Å²) in [5, 5.41) is 2.93. The van der Waals surface area contributed by atoms with Crippen LogP contribution in [0, 0.1) is 5.92 Å². The van der Waals surface area contributed by atoms with E-state index >= 15 is 0 Å². The van der Waals surface area contributed by atoms with Gasteiger partial charge in [-0.25, -0.2) is 8.42 Å². The van der Waals surface area contributed by atoms with Crippen LogP contribution in [-0.2, 0) is 14.8 Å². The summed E-state index contributed by atoms with van der Waals surface area (Å²) in [4.78, 5) is 14.6. The lowest BCUT2D eigenvalue weighted by molar-refractivity contribution is 0.0775. The zero-order chi connectivity index (χ0) is 18.4. The number of nitrogens with zero attached hydrogens (tertiary/aromatic N) is 2. The van der Waals surface area contributed by atoms with E-state index in [-0.39, 0.29) is 10.8 Å². The first kappa shape index (κ1) is 19.8. The summed E-state index contributed by atoms with van der Waals surface area (Å²) in [5.41, 5.74) is 0.404. The summed E-state index contributed by atoms with van der Waals surface area (Å²) >= 11 is 0. The lowest BCUT2D eigenvalue weighted by atomic mass is 10.1. The number of ether oxygens (including phenoxy) is 1. The molecule has 1 atom stereocenters. The molecule has 1 amide bonds. The van der Waals surface area contributed by atoms with E-state index in [4.69, 9.17) is 4.74 Å². The van der Waals surface area contributed by atoms with Crippen molar-refractivity contribution in [1.82, 2.24) is 14.5 Å². The van der Waals surface area contributed by atoms with Crippen LogP contribution in [0.5, 0.6) is 0 Å². The van der Waals surface area contributed by atoms with E-state index in [1.165, 1.54) is 23.5 Å². The molecule has 0 saturated carbocycles. The third-order valence-corrected chi connectivity index (χ3v) is 6.29. The highest BCUT2D eigenvalue weighted by Crippen LogP contribution is 2.21. The smallest absolute Gasteiger partial charge is 0.253 e. The van der Waals surface area contributed by atoms with Crippen LogP contribution in [0.15, 0.2) is 29.2 Å². The summed E-state index contributed by atoms with van der Waals surface area (Å²) in [6.45, 7) is 2.87. The average molecular weight is 369 g/mol. The molecule has 8 heteroatoms. The van der Waals surface area contributed by atoms with Gasteiger partial charge in [0.15, 0.2) is 0 Å². The number of hydrogen-bond donors (Lipinski definition) is 1. The molecule has 1 aromatic rings. The molecular weight excluding hydrogens is 342 g/mol. The van der Waals surface area contributed by atoms with Crippen molar-refractivity contribution in [2.75, 3.05) is 54.0 Å². The normalized spacial score (nSPS) is 18.1. The van der Waals surface area contributed by atoms with Gasteiger partial charge in [-0.15, -0.1) is 0 Å². The molecular formula is C17H27N3O4S. The fourth-order valence-electron chi connectivity index (χ4n) is 2.93. The van der Waals surface area contributed by atoms with Crippen molar-refractivity contribution in [3.05, 3.63) is 29.8 Å². The molecule has 0 radical (unpaired) electrons. The Morgan fingerprint density at radius 2 is 2.20 bits per heavy atom. The van der Waals surface area contributed by atoms with Crippen LogP contribution in [0.4, 0.5) is 0 Å². The Bertz CT molecular complexity index is 693. The molecule has 0 spiro atoms. The Balaban J connectivity index is 2.14. The number of benzene rings is 1. The third kappa shape index (κ3) is 4.78. The molecule has 0 bridgehead atoms. The van der Waals surface area contributed by atoms with Crippen molar-refractivity contribution in [3.63, 3.8) is 0 Å². The summed E-state index contributed by atoms with van der Waals surface area (Å²) in [5.74, 6) is 0.210. The molecule has 140 valence electrons. The van der Waals surface area contributed by atoms with Crippen molar-refractivity contribution >= 4 is 15.9 Å². The van der Waals surface area contributed by atoms with Gasteiger partial charge in [-0.05, 0) is 31.7 Å². The Morgan fingerprint density at radius 3 is 2.88 bits per heavy atom. The van der Waals surface area contributed by atoms with E-state index in [9.17, 15) is 13.2 Å². The fraction of sp³-hybridized carbons (Fsp3) is 0.588. The van der Waals surface area contributed by atoms with Gasteiger partial charge in [0.05, 0.1) is 11.5 Å². The van der Waals surface area contributed by atoms with E-state index in [1.807, 2.05) is 0 Å². The number of amides is 1. The topological polar surface area (TPSA) is 79.0 Å². The lowest BCUT2D eigenvalue weighted by Gasteiger charge is -2.19. The van der Waals surface area contributed by atoms with Gasteiger partial charge in [-0.3, -0.25) is 4.79 Å². The second-order valence-corrected chi connectivity index (χ2v) is 8.36. The molecule has 1 saturated heterocycles. The number of likely N-dealkylation sites (N-methyl/N-ethyl adjacent to an activating group) is 2. The highest BCUT2D eigenvalue weighted by molar-refractivity contribution is 7.89. The molecule has 1 fully saturated rings. The number of nitrogens with one attached hydrogen (secondary N) is 1. The number of rotatable bonds is 8. The largest absolute Gasteiger partial charge is 0.384 e. The van der Waals surface area contributed by atoms with Gasteiger partial charge in [0.1, 0.15) is 0 Å². The zero-order valence-electron chi connectivity index (χ0n) is 15.1. The maximum absolute atomic E-state index is 12.7. The van der Waals surface area contributed by atoms with Crippen molar-refractivity contribution in [1.29, 1.82) is 0 Å². The molecule has 2 rings (SSSR count). The molecule has 7 nitrogen and oxygen atoms in total. The van der Waals surface area contributed by atoms with E-state index in [0.29, 0.717) is 44.3 Å². The minimum atomic E-state index is -3.61. The van der Waals surface area contributed by atoms with Gasteiger partial charge < -0.3 is 15.0 Å². The zero-order valence-corrected chi connectivity index (χ0v) is 15.9. The predicted octanol–water partition coefficient (Wildman–Crippen LogP) is 0.635. The van der Waals surface area contributed by atoms with Crippen molar-refractivity contribution in [2.45, 2.75) is 11.3 Å². The van der Waals surface area contributed by atoms with E-state index in [2.05, 4.69) is 5.32 Å². The molecule has 1 aliphatic heterocycles. The van der Waals surface area contributed by atoms with Crippen molar-refractivity contribution in [3.8, 4) is 0 Å². The predicted molar refractivity (Wildman–Crippen MR) is 96.1 cm³/mol. The van der Waals surface area contributed by atoms with Crippen molar-refractivity contribution in [2.24, 2.45) is 5.92 Å². The summed E-state index contributed by atoms with van der Waals surface area (Å²) in [6.07, 6.45) is 0.907. The minimum Gasteiger partial charge on any atom is -0.384 e. The molecule has 1 aliphatic rings. The standard InChI is InChI=1S/C17H27N3O4S/c1-18-8-10-19(2)25(22,23)16-6-4-5-15(11-16)17(21)20-9-7-14(12-20)13-24-3/h4-6,11,14,18H,7-10,12-13H2,1-3H3/t14-/m0/s1. The minimum absolute atomic E-state index is 0.131. The highest BCUT2D eigenvalue weighted by Gasteiger charge is 2.28. The van der Waals surface area contributed by atoms with Crippen LogP contribution in [-0.4, -0.2) is 77.5 Å². The molecule has 1 aromatic carbocycles. The van der Waals surface area contributed by atoms with E-state index < -0.39 is 10.0 Å². The maximum atomic E-state index is 12.7. The number of carbonyl (C=O) groups is 1. The van der Waals surface area contributed by atoms with Gasteiger partial charge in [0, 0.05) is 51.8 Å². The van der Waals surface area contributed by atoms with Gasteiger partial charge in [0.25, 0.3) is 5.91 Å². The molecule has 0 unspecified atom stereocenters. The highest BCUT2D eigenvalue weighted by atomic mass is 32.2. The lowest BCUT2D eigenvalue weighted by Crippen LogP contribution is -2.33. The second-order valence-electron chi connectivity index (χ2n) is 6.32. The molecule has 1 N–H and O–H groups in total. The van der Waals surface area contributed by atoms with Gasteiger partial charge in [0.2, 0.25) is 10.0 Å². The number of methoxy groups -OCH3 is 1. The van der Waals surface area contributed by atoms with Crippen LogP contribution >= 0.6 is 0 Å².